The van der Waals surface area contributed by atoms with Gasteiger partial charge < -0.3 is 9.80 Å². The van der Waals surface area contributed by atoms with E-state index in [1.807, 2.05) is 19.1 Å². The Balaban J connectivity index is 1.39. The topological polar surface area (TPSA) is 65.5 Å². The Morgan fingerprint density at radius 1 is 0.929 bits per heavy atom. The fourth-order valence-corrected chi connectivity index (χ4v) is 5.55. The minimum absolute atomic E-state index is 0.311. The Hall–Kier alpha value is -2.58. The fraction of sp³-hybridized carbons (Fsp3) is 0.250. The number of aryl methyl sites for hydroxylation is 1. The van der Waals surface area contributed by atoms with Crippen molar-refractivity contribution in [2.75, 3.05) is 40.7 Å². The van der Waals surface area contributed by atoms with Gasteiger partial charge in [0.15, 0.2) is 0 Å². The molecule has 6 nitrogen and oxygen atoms in total. The quantitative estimate of drug-likeness (QED) is 0.691. The minimum Gasteiger partial charge on any atom is -0.368 e. The SMILES string of the molecule is Cc1ccc(S(=O)(=O)Nc2ccc(N3CCN(c4ccccc4)CC3)nc2)s1. The molecule has 1 N–H and O–H groups in total. The first kappa shape index (κ1) is 18.8. The van der Waals surface area contributed by atoms with Crippen molar-refractivity contribution in [3.8, 4) is 0 Å². The standard InChI is InChI=1S/C20H22N4O2S2/c1-16-7-10-20(27-16)28(25,26)22-17-8-9-19(21-15-17)24-13-11-23(12-14-24)18-5-3-2-4-6-18/h2-10,15,22H,11-14H2,1H3. The number of nitrogens with zero attached hydrogens (tertiary/aromatic N) is 3. The molecule has 0 saturated carbocycles. The predicted molar refractivity (Wildman–Crippen MR) is 115 cm³/mol. The van der Waals surface area contributed by atoms with Crippen molar-refractivity contribution in [2.24, 2.45) is 0 Å². The van der Waals surface area contributed by atoms with Crippen LogP contribution < -0.4 is 14.5 Å². The van der Waals surface area contributed by atoms with Gasteiger partial charge in [0.25, 0.3) is 10.0 Å². The molecule has 1 aromatic carbocycles. The number of rotatable bonds is 5. The van der Waals surface area contributed by atoms with E-state index in [4.69, 9.17) is 0 Å². The van der Waals surface area contributed by atoms with E-state index in [2.05, 4.69) is 43.8 Å². The number of anilines is 3. The summed E-state index contributed by atoms with van der Waals surface area (Å²) in [5, 5.41) is 0. The van der Waals surface area contributed by atoms with Gasteiger partial charge in [-0.2, -0.15) is 0 Å². The summed E-state index contributed by atoms with van der Waals surface area (Å²) in [4.78, 5) is 10.0. The van der Waals surface area contributed by atoms with Gasteiger partial charge in [0.05, 0.1) is 11.9 Å². The van der Waals surface area contributed by atoms with Gasteiger partial charge in [-0.05, 0) is 43.3 Å². The van der Waals surface area contributed by atoms with E-state index in [9.17, 15) is 8.42 Å². The van der Waals surface area contributed by atoms with Crippen LogP contribution in [0.15, 0.2) is 65.0 Å². The van der Waals surface area contributed by atoms with Gasteiger partial charge in [-0.25, -0.2) is 13.4 Å². The lowest BCUT2D eigenvalue weighted by molar-refractivity contribution is 0.603. The van der Waals surface area contributed by atoms with Gasteiger partial charge >= 0.3 is 0 Å². The van der Waals surface area contributed by atoms with Crippen LogP contribution in [0.5, 0.6) is 0 Å². The summed E-state index contributed by atoms with van der Waals surface area (Å²) in [5.41, 5.74) is 1.71. The maximum Gasteiger partial charge on any atom is 0.271 e. The number of sulfonamides is 1. The molecule has 1 fully saturated rings. The lowest BCUT2D eigenvalue weighted by Gasteiger charge is -2.36. The Morgan fingerprint density at radius 3 is 2.25 bits per heavy atom. The van der Waals surface area contributed by atoms with Crippen LogP contribution in [0, 0.1) is 6.92 Å². The van der Waals surface area contributed by atoms with E-state index in [-0.39, 0.29) is 0 Å². The average molecular weight is 415 g/mol. The summed E-state index contributed by atoms with van der Waals surface area (Å²) in [6, 6.07) is 17.5. The normalized spacial score (nSPS) is 14.9. The third-order valence-electron chi connectivity index (χ3n) is 4.71. The predicted octanol–water partition coefficient (Wildman–Crippen LogP) is 3.58. The van der Waals surface area contributed by atoms with Crippen molar-refractivity contribution in [3.63, 3.8) is 0 Å². The molecule has 0 spiro atoms. The van der Waals surface area contributed by atoms with Crippen molar-refractivity contribution in [2.45, 2.75) is 11.1 Å². The number of hydrogen-bond acceptors (Lipinski definition) is 6. The van der Waals surface area contributed by atoms with Crippen molar-refractivity contribution in [1.82, 2.24) is 4.98 Å². The monoisotopic (exact) mass is 414 g/mol. The molecule has 146 valence electrons. The smallest absolute Gasteiger partial charge is 0.271 e. The molecule has 3 heterocycles. The van der Waals surface area contributed by atoms with Crippen molar-refractivity contribution in [3.05, 3.63) is 65.7 Å². The fourth-order valence-electron chi connectivity index (χ4n) is 3.23. The lowest BCUT2D eigenvalue weighted by Crippen LogP contribution is -2.46. The van der Waals surface area contributed by atoms with Crippen molar-refractivity contribution < 1.29 is 8.42 Å². The van der Waals surface area contributed by atoms with E-state index in [0.717, 1.165) is 36.9 Å². The zero-order valence-electron chi connectivity index (χ0n) is 15.6. The summed E-state index contributed by atoms with van der Waals surface area (Å²) < 4.78 is 27.8. The molecule has 0 radical (unpaired) electrons. The molecule has 4 rings (SSSR count). The maximum absolute atomic E-state index is 12.4. The number of thiophene rings is 1. The molecule has 8 heteroatoms. The average Bonchev–Trinajstić information content (AvgIpc) is 3.17. The van der Waals surface area contributed by atoms with Crippen LogP contribution >= 0.6 is 11.3 Å². The van der Waals surface area contributed by atoms with Gasteiger partial charge in [-0.15, -0.1) is 11.3 Å². The van der Waals surface area contributed by atoms with Crippen LogP contribution in [0.4, 0.5) is 17.2 Å². The number of nitrogens with one attached hydrogen (secondary N) is 1. The number of aromatic nitrogens is 1. The van der Waals surface area contributed by atoms with Crippen LogP contribution in [0.2, 0.25) is 0 Å². The first-order valence-electron chi connectivity index (χ1n) is 9.11. The third kappa shape index (κ3) is 4.13. The van der Waals surface area contributed by atoms with Gasteiger partial charge in [-0.3, -0.25) is 4.72 Å². The second kappa shape index (κ2) is 7.81. The zero-order chi connectivity index (χ0) is 19.6. The summed E-state index contributed by atoms with van der Waals surface area (Å²) in [5.74, 6) is 0.864. The van der Waals surface area contributed by atoms with Gasteiger partial charge in [0.2, 0.25) is 0 Å². The highest BCUT2D eigenvalue weighted by molar-refractivity contribution is 7.94. The van der Waals surface area contributed by atoms with Crippen LogP contribution in [0.25, 0.3) is 0 Å². The maximum atomic E-state index is 12.4. The van der Waals surface area contributed by atoms with Gasteiger partial charge in [-0.1, -0.05) is 18.2 Å². The Labute approximate surface area is 169 Å². The Morgan fingerprint density at radius 2 is 1.64 bits per heavy atom. The lowest BCUT2D eigenvalue weighted by atomic mass is 10.2. The molecule has 3 aromatic rings. The molecular formula is C20H22N4O2S2. The number of para-hydroxylation sites is 1. The van der Waals surface area contributed by atoms with E-state index in [1.165, 1.54) is 17.0 Å². The minimum atomic E-state index is -3.56. The number of pyridine rings is 1. The van der Waals surface area contributed by atoms with Gasteiger partial charge in [0, 0.05) is 36.7 Å². The largest absolute Gasteiger partial charge is 0.368 e. The van der Waals surface area contributed by atoms with Crippen LogP contribution in [0.1, 0.15) is 4.88 Å². The Kier molecular flexibility index (Phi) is 5.23. The second-order valence-corrected chi connectivity index (χ2v) is 9.88. The molecule has 28 heavy (non-hydrogen) atoms. The van der Waals surface area contributed by atoms with E-state index >= 15 is 0 Å². The van der Waals surface area contributed by atoms with E-state index in [1.54, 1.807) is 24.4 Å². The number of piperazine rings is 1. The summed E-state index contributed by atoms with van der Waals surface area (Å²) in [6.45, 7) is 5.50. The zero-order valence-corrected chi connectivity index (χ0v) is 17.2. The highest BCUT2D eigenvalue weighted by Crippen LogP contribution is 2.24. The summed E-state index contributed by atoms with van der Waals surface area (Å²) in [7, 11) is -3.56. The third-order valence-corrected chi connectivity index (χ3v) is 7.58. The number of hydrogen-bond donors (Lipinski definition) is 1. The molecule has 0 unspecified atom stereocenters. The first-order valence-corrected chi connectivity index (χ1v) is 11.4. The highest BCUT2D eigenvalue weighted by atomic mass is 32.2. The van der Waals surface area contributed by atoms with Crippen molar-refractivity contribution >= 4 is 38.6 Å². The summed E-state index contributed by atoms with van der Waals surface area (Å²) in [6.07, 6.45) is 1.58. The van der Waals surface area contributed by atoms with Crippen molar-refractivity contribution in [1.29, 1.82) is 0 Å². The van der Waals surface area contributed by atoms with Crippen LogP contribution in [-0.2, 0) is 10.0 Å². The molecule has 2 aromatic heterocycles. The number of benzene rings is 1. The molecule has 0 atom stereocenters. The summed E-state index contributed by atoms with van der Waals surface area (Å²) >= 11 is 1.25. The Bertz CT molecular complexity index is 1030. The van der Waals surface area contributed by atoms with E-state index < -0.39 is 10.0 Å². The van der Waals surface area contributed by atoms with Gasteiger partial charge in [0.1, 0.15) is 10.0 Å². The van der Waals surface area contributed by atoms with E-state index in [0.29, 0.717) is 9.90 Å². The molecule has 0 aliphatic carbocycles. The van der Waals surface area contributed by atoms with Crippen LogP contribution in [-0.4, -0.2) is 39.6 Å². The molecule has 0 bridgehead atoms. The molecule has 1 aliphatic rings. The molecule has 1 saturated heterocycles. The first-order chi connectivity index (χ1) is 13.5. The highest BCUT2D eigenvalue weighted by Gasteiger charge is 2.19. The molecule has 0 amide bonds. The van der Waals surface area contributed by atoms with Crippen LogP contribution in [0.3, 0.4) is 0 Å². The second-order valence-electron chi connectivity index (χ2n) is 6.69. The molecular weight excluding hydrogens is 392 g/mol. The molecule has 1 aliphatic heterocycles.